The number of carbonyl (C=O) groups is 3. The number of carbonyl (C=O) groups excluding carboxylic acids is 3. The fourth-order valence-electron chi connectivity index (χ4n) is 5.34. The molecule has 0 bridgehead atoms. The fraction of sp³-hybridized carbons (Fsp3) is 0.375. The first kappa shape index (κ1) is 19.8. The zero-order valence-electron chi connectivity index (χ0n) is 17.6. The number of imide groups is 2. The van der Waals surface area contributed by atoms with Crippen molar-refractivity contribution in [3.63, 3.8) is 0 Å². The van der Waals surface area contributed by atoms with Crippen LogP contribution in [0.5, 0.6) is 0 Å². The van der Waals surface area contributed by atoms with Gasteiger partial charge in [-0.2, -0.15) is 0 Å². The van der Waals surface area contributed by atoms with Crippen molar-refractivity contribution in [2.45, 2.75) is 18.9 Å². The van der Waals surface area contributed by atoms with E-state index in [9.17, 15) is 14.4 Å². The van der Waals surface area contributed by atoms with Gasteiger partial charge in [-0.15, -0.1) is 0 Å². The minimum atomic E-state index is -1.29. The highest BCUT2D eigenvalue weighted by Gasteiger charge is 2.63. The van der Waals surface area contributed by atoms with Crippen molar-refractivity contribution < 1.29 is 19.3 Å². The molecule has 3 aliphatic rings. The van der Waals surface area contributed by atoms with E-state index in [4.69, 9.17) is 0 Å². The van der Waals surface area contributed by atoms with Crippen LogP contribution in [0.1, 0.15) is 11.1 Å². The molecule has 160 valence electrons. The Balaban J connectivity index is 1.53. The Morgan fingerprint density at radius 1 is 1.06 bits per heavy atom. The van der Waals surface area contributed by atoms with Gasteiger partial charge in [-0.1, -0.05) is 48.5 Å². The standard InChI is InChI=1S/C24H26N4O3/c1-26-13-14-27-19-10-6-5-9-18(19)15-24(20(27)16-26)21(29)25-23(31)28(22(24)30)12-11-17-7-3-2-4-8-17/h2-10,20H,11-16H2,1H3,(H,25,29,31)/p+1/t20-,24+/m0/s1. The number of nitrogens with one attached hydrogen (secondary N) is 2. The average molecular weight is 420 g/mol. The molecule has 3 aliphatic heterocycles. The Labute approximate surface area is 181 Å². The van der Waals surface area contributed by atoms with E-state index in [0.29, 0.717) is 19.4 Å². The normalized spacial score (nSPS) is 27.7. The monoisotopic (exact) mass is 419 g/mol. The molecule has 7 heteroatoms. The summed E-state index contributed by atoms with van der Waals surface area (Å²) < 4.78 is 0. The Morgan fingerprint density at radius 3 is 2.61 bits per heavy atom. The van der Waals surface area contributed by atoms with Crippen LogP contribution in [0.15, 0.2) is 54.6 Å². The van der Waals surface area contributed by atoms with E-state index in [0.717, 1.165) is 29.9 Å². The number of para-hydroxylation sites is 1. The van der Waals surface area contributed by atoms with Gasteiger partial charge in [0, 0.05) is 18.7 Å². The molecule has 0 saturated carbocycles. The van der Waals surface area contributed by atoms with E-state index >= 15 is 0 Å². The second kappa shape index (κ2) is 7.50. The summed E-state index contributed by atoms with van der Waals surface area (Å²) in [4.78, 5) is 44.7. The maximum Gasteiger partial charge on any atom is 0.330 e. The van der Waals surface area contributed by atoms with Crippen molar-refractivity contribution in [1.29, 1.82) is 0 Å². The Hall–Kier alpha value is -3.19. The molecule has 5 rings (SSSR count). The zero-order chi connectivity index (χ0) is 21.6. The van der Waals surface area contributed by atoms with E-state index in [2.05, 4.69) is 23.3 Å². The lowest BCUT2D eigenvalue weighted by atomic mass is 9.67. The number of quaternary nitrogens is 1. The molecule has 2 aromatic rings. The van der Waals surface area contributed by atoms with Gasteiger partial charge < -0.3 is 9.80 Å². The van der Waals surface area contributed by atoms with E-state index in [1.54, 1.807) is 0 Å². The molecule has 2 fully saturated rings. The zero-order valence-corrected chi connectivity index (χ0v) is 17.6. The van der Waals surface area contributed by atoms with Crippen molar-refractivity contribution in [3.05, 3.63) is 65.7 Å². The van der Waals surface area contributed by atoms with Crippen LogP contribution in [-0.2, 0) is 22.4 Å². The summed E-state index contributed by atoms with van der Waals surface area (Å²) in [7, 11) is 2.09. The highest BCUT2D eigenvalue weighted by atomic mass is 16.2. The second-order valence-corrected chi connectivity index (χ2v) is 8.85. The average Bonchev–Trinajstić information content (AvgIpc) is 2.78. The largest absolute Gasteiger partial charge is 0.355 e. The molecule has 2 N–H and O–H groups in total. The summed E-state index contributed by atoms with van der Waals surface area (Å²) in [6.45, 7) is 2.64. The van der Waals surface area contributed by atoms with E-state index in [1.165, 1.54) is 9.80 Å². The van der Waals surface area contributed by atoms with Crippen molar-refractivity contribution in [1.82, 2.24) is 10.2 Å². The molecule has 0 aromatic heterocycles. The van der Waals surface area contributed by atoms with E-state index in [1.807, 2.05) is 48.5 Å². The number of fused-ring (bicyclic) bond motifs is 4. The first-order chi connectivity index (χ1) is 15.0. The van der Waals surface area contributed by atoms with Gasteiger partial charge in [0.05, 0.1) is 26.7 Å². The quantitative estimate of drug-likeness (QED) is 0.700. The molecule has 1 spiro atoms. The predicted molar refractivity (Wildman–Crippen MR) is 116 cm³/mol. The van der Waals surface area contributed by atoms with Crippen molar-refractivity contribution in [3.8, 4) is 0 Å². The lowest BCUT2D eigenvalue weighted by Crippen LogP contribution is -3.14. The lowest BCUT2D eigenvalue weighted by molar-refractivity contribution is -0.883. The number of likely N-dealkylation sites (N-methyl/N-ethyl adjacent to an activating group) is 1. The van der Waals surface area contributed by atoms with Gasteiger partial charge in [0.25, 0.3) is 0 Å². The molecule has 4 amide bonds. The number of benzene rings is 2. The van der Waals surface area contributed by atoms with Gasteiger partial charge in [0.15, 0.2) is 5.41 Å². The number of anilines is 1. The topological polar surface area (TPSA) is 74.2 Å². The predicted octanol–water partition coefficient (Wildman–Crippen LogP) is 0.254. The van der Waals surface area contributed by atoms with Crippen molar-refractivity contribution >= 4 is 23.5 Å². The number of urea groups is 1. The molecule has 1 unspecified atom stereocenters. The molecule has 7 nitrogen and oxygen atoms in total. The van der Waals surface area contributed by atoms with Crippen LogP contribution < -0.4 is 15.1 Å². The number of rotatable bonds is 3. The highest BCUT2D eigenvalue weighted by Crippen LogP contribution is 2.44. The third-order valence-electron chi connectivity index (χ3n) is 7.00. The maximum atomic E-state index is 13.9. The summed E-state index contributed by atoms with van der Waals surface area (Å²) in [5, 5.41) is 2.53. The van der Waals surface area contributed by atoms with Gasteiger partial charge in [-0.3, -0.25) is 19.8 Å². The Morgan fingerprint density at radius 2 is 1.81 bits per heavy atom. The van der Waals surface area contributed by atoms with Gasteiger partial charge in [-0.25, -0.2) is 4.79 Å². The molecular weight excluding hydrogens is 392 g/mol. The van der Waals surface area contributed by atoms with Crippen LogP contribution in [0.3, 0.4) is 0 Å². The number of barbiturate groups is 1. The summed E-state index contributed by atoms with van der Waals surface area (Å²) >= 11 is 0. The van der Waals surface area contributed by atoms with Crippen LogP contribution in [0.2, 0.25) is 0 Å². The highest BCUT2D eigenvalue weighted by molar-refractivity contribution is 6.20. The van der Waals surface area contributed by atoms with Crippen LogP contribution in [0, 0.1) is 5.41 Å². The van der Waals surface area contributed by atoms with Crippen molar-refractivity contribution in [2.24, 2.45) is 5.41 Å². The van der Waals surface area contributed by atoms with Crippen LogP contribution in [-0.4, -0.2) is 62.0 Å². The van der Waals surface area contributed by atoms with Gasteiger partial charge in [0.2, 0.25) is 11.8 Å². The lowest BCUT2D eigenvalue weighted by Gasteiger charge is -2.53. The van der Waals surface area contributed by atoms with Gasteiger partial charge in [0.1, 0.15) is 6.04 Å². The van der Waals surface area contributed by atoms with E-state index in [-0.39, 0.29) is 18.5 Å². The summed E-state index contributed by atoms with van der Waals surface area (Å²) in [6.07, 6.45) is 0.873. The Kier molecular flexibility index (Phi) is 4.78. The fourth-order valence-corrected chi connectivity index (χ4v) is 5.34. The number of amides is 4. The SMILES string of the molecule is C[NH+]1CCN2c3ccccc3C[C@]3(C(=O)NC(=O)N(CCc4ccccc4)C3=O)[C@@H]2C1. The van der Waals surface area contributed by atoms with Gasteiger partial charge in [-0.05, 0) is 23.6 Å². The molecule has 2 aromatic carbocycles. The molecule has 3 atom stereocenters. The molecule has 0 aliphatic carbocycles. The number of piperazine rings is 1. The third-order valence-corrected chi connectivity index (χ3v) is 7.00. The van der Waals surface area contributed by atoms with E-state index < -0.39 is 17.4 Å². The Bertz CT molecular complexity index is 1040. The summed E-state index contributed by atoms with van der Waals surface area (Å²) in [6, 6.07) is 16.9. The number of hydrogen-bond acceptors (Lipinski definition) is 4. The molecule has 0 radical (unpaired) electrons. The molecule has 2 saturated heterocycles. The minimum absolute atomic E-state index is 0.251. The summed E-state index contributed by atoms with van der Waals surface area (Å²) in [5.41, 5.74) is 1.84. The number of hydrogen-bond donors (Lipinski definition) is 2. The molecule has 31 heavy (non-hydrogen) atoms. The van der Waals surface area contributed by atoms with Crippen LogP contribution in [0.4, 0.5) is 10.5 Å². The minimum Gasteiger partial charge on any atom is -0.355 e. The summed E-state index contributed by atoms with van der Waals surface area (Å²) in [5.74, 6) is -0.825. The third kappa shape index (κ3) is 3.11. The maximum absolute atomic E-state index is 13.9. The first-order valence-corrected chi connectivity index (χ1v) is 10.9. The van der Waals surface area contributed by atoms with Crippen LogP contribution in [0.25, 0.3) is 0 Å². The molecule has 3 heterocycles. The molecular formula is C24H27N4O3+. The smallest absolute Gasteiger partial charge is 0.330 e. The van der Waals surface area contributed by atoms with Gasteiger partial charge >= 0.3 is 6.03 Å². The first-order valence-electron chi connectivity index (χ1n) is 10.9. The van der Waals surface area contributed by atoms with Crippen molar-refractivity contribution in [2.75, 3.05) is 38.1 Å². The van der Waals surface area contributed by atoms with Crippen LogP contribution >= 0.6 is 0 Å². The second-order valence-electron chi connectivity index (χ2n) is 8.85. The number of nitrogens with zero attached hydrogens (tertiary/aromatic N) is 2.